The maximum absolute atomic E-state index is 12.9. The van der Waals surface area contributed by atoms with Crippen molar-refractivity contribution in [3.8, 4) is 17.9 Å². The SMILES string of the molecule is N#C/C(=C\c1cc(Cl)c(OCc2ccc3ccccc3c2)c(Cl)c1)C(=O)Nc1sc2c(c1C#N)CCCC2. The zero-order chi connectivity index (χ0) is 26.6. The van der Waals surface area contributed by atoms with Gasteiger partial charge in [-0.2, -0.15) is 10.5 Å². The van der Waals surface area contributed by atoms with Crippen molar-refractivity contribution in [1.82, 2.24) is 0 Å². The topological polar surface area (TPSA) is 85.9 Å². The van der Waals surface area contributed by atoms with Gasteiger partial charge in [-0.25, -0.2) is 0 Å². The summed E-state index contributed by atoms with van der Waals surface area (Å²) in [5.74, 6) is -0.268. The lowest BCUT2D eigenvalue weighted by atomic mass is 9.96. The number of hydrogen-bond donors (Lipinski definition) is 1. The summed E-state index contributed by atoms with van der Waals surface area (Å²) in [6, 6.07) is 21.5. The monoisotopic (exact) mass is 557 g/mol. The van der Waals surface area contributed by atoms with E-state index in [1.807, 2.05) is 48.5 Å². The molecule has 188 valence electrons. The van der Waals surface area contributed by atoms with Gasteiger partial charge in [-0.05, 0) is 77.4 Å². The van der Waals surface area contributed by atoms with Crippen LogP contribution >= 0.6 is 34.5 Å². The molecule has 0 atom stereocenters. The highest BCUT2D eigenvalue weighted by molar-refractivity contribution is 7.16. The molecule has 1 aromatic heterocycles. The van der Waals surface area contributed by atoms with Crippen LogP contribution in [0.5, 0.6) is 5.75 Å². The fourth-order valence-electron chi connectivity index (χ4n) is 4.54. The number of carbonyl (C=O) groups excluding carboxylic acids is 1. The first-order chi connectivity index (χ1) is 18.5. The van der Waals surface area contributed by atoms with Crippen molar-refractivity contribution >= 4 is 62.3 Å². The molecule has 8 heteroatoms. The zero-order valence-electron chi connectivity index (χ0n) is 20.2. The van der Waals surface area contributed by atoms with Crippen molar-refractivity contribution in [2.24, 2.45) is 0 Å². The van der Waals surface area contributed by atoms with Gasteiger partial charge in [0, 0.05) is 4.88 Å². The van der Waals surface area contributed by atoms with Gasteiger partial charge in [-0.1, -0.05) is 59.6 Å². The number of anilines is 1. The highest BCUT2D eigenvalue weighted by Crippen LogP contribution is 2.38. The second kappa shape index (κ2) is 11.3. The van der Waals surface area contributed by atoms with Gasteiger partial charge in [-0.3, -0.25) is 4.79 Å². The van der Waals surface area contributed by atoms with Crippen molar-refractivity contribution < 1.29 is 9.53 Å². The largest absolute Gasteiger partial charge is 0.486 e. The number of benzene rings is 3. The molecule has 1 aliphatic rings. The molecule has 0 saturated heterocycles. The van der Waals surface area contributed by atoms with Crippen LogP contribution in [0.2, 0.25) is 10.0 Å². The quantitative estimate of drug-likeness (QED) is 0.192. The molecule has 1 aliphatic carbocycles. The van der Waals surface area contributed by atoms with E-state index in [1.165, 1.54) is 17.4 Å². The van der Waals surface area contributed by atoms with Crippen molar-refractivity contribution in [2.75, 3.05) is 5.32 Å². The van der Waals surface area contributed by atoms with Crippen molar-refractivity contribution in [2.45, 2.75) is 32.3 Å². The molecule has 5 nitrogen and oxygen atoms in total. The van der Waals surface area contributed by atoms with Gasteiger partial charge in [0.15, 0.2) is 5.75 Å². The Kier molecular flexibility index (Phi) is 7.67. The van der Waals surface area contributed by atoms with Gasteiger partial charge in [-0.15, -0.1) is 11.3 Å². The Morgan fingerprint density at radius 3 is 2.50 bits per heavy atom. The summed E-state index contributed by atoms with van der Waals surface area (Å²) in [7, 11) is 0. The smallest absolute Gasteiger partial charge is 0.266 e. The standard InChI is InChI=1S/C30H21Cl2N3O2S/c31-25-13-19(14-26(32)28(25)37-17-18-9-10-20-5-1-2-6-21(20)11-18)12-22(15-33)29(36)35-30-24(16-34)23-7-3-4-8-27(23)38-30/h1-2,5-6,9-14H,3-4,7-8,17H2,(H,35,36)/b22-12+. The highest BCUT2D eigenvalue weighted by atomic mass is 35.5. The summed E-state index contributed by atoms with van der Waals surface area (Å²) in [4.78, 5) is 14.1. The number of fused-ring (bicyclic) bond motifs is 2. The number of nitrogens with zero attached hydrogens (tertiary/aromatic N) is 2. The van der Waals surface area contributed by atoms with Gasteiger partial charge in [0.2, 0.25) is 0 Å². The van der Waals surface area contributed by atoms with E-state index in [-0.39, 0.29) is 22.2 Å². The molecule has 0 fully saturated rings. The number of nitriles is 2. The predicted octanol–water partition coefficient (Wildman–Crippen LogP) is 8.08. The molecule has 38 heavy (non-hydrogen) atoms. The van der Waals surface area contributed by atoms with Crippen LogP contribution in [0.15, 0.2) is 60.2 Å². The first-order valence-electron chi connectivity index (χ1n) is 12.0. The average Bonchev–Trinajstić information content (AvgIpc) is 3.27. The van der Waals surface area contributed by atoms with Gasteiger partial charge in [0.25, 0.3) is 5.91 Å². The van der Waals surface area contributed by atoms with Crippen LogP contribution in [0.1, 0.15) is 40.0 Å². The number of ether oxygens (including phenoxy) is 1. The third kappa shape index (κ3) is 5.39. The summed E-state index contributed by atoms with van der Waals surface area (Å²) in [5.41, 5.74) is 2.83. The molecule has 1 heterocycles. The van der Waals surface area contributed by atoms with Crippen LogP contribution in [0.25, 0.3) is 16.8 Å². The fourth-order valence-corrected chi connectivity index (χ4v) is 6.39. The number of rotatable bonds is 6. The Morgan fingerprint density at radius 2 is 1.76 bits per heavy atom. The van der Waals surface area contributed by atoms with E-state index in [1.54, 1.807) is 12.1 Å². The summed E-state index contributed by atoms with van der Waals surface area (Å²) in [5, 5.41) is 25.3. The molecular weight excluding hydrogens is 537 g/mol. The Morgan fingerprint density at radius 1 is 1.03 bits per heavy atom. The molecule has 0 radical (unpaired) electrons. The van der Waals surface area contributed by atoms with Gasteiger partial charge in [0.05, 0.1) is 15.6 Å². The van der Waals surface area contributed by atoms with E-state index >= 15 is 0 Å². The van der Waals surface area contributed by atoms with Crippen LogP contribution < -0.4 is 10.1 Å². The van der Waals surface area contributed by atoms with Crippen molar-refractivity contribution in [3.63, 3.8) is 0 Å². The third-order valence-electron chi connectivity index (χ3n) is 6.40. The van der Waals surface area contributed by atoms with E-state index in [2.05, 4.69) is 11.4 Å². The molecule has 3 aromatic carbocycles. The van der Waals surface area contributed by atoms with Gasteiger partial charge >= 0.3 is 0 Å². The van der Waals surface area contributed by atoms with E-state index in [4.69, 9.17) is 27.9 Å². The zero-order valence-corrected chi connectivity index (χ0v) is 22.5. The Labute approximate surface area is 234 Å². The van der Waals surface area contributed by atoms with E-state index in [9.17, 15) is 15.3 Å². The average molecular weight is 558 g/mol. The third-order valence-corrected chi connectivity index (χ3v) is 8.17. The minimum atomic E-state index is -0.591. The Balaban J connectivity index is 1.33. The van der Waals surface area contributed by atoms with E-state index < -0.39 is 5.91 Å². The number of thiophene rings is 1. The van der Waals surface area contributed by atoms with Gasteiger partial charge in [0.1, 0.15) is 29.3 Å². The number of aryl methyl sites for hydroxylation is 1. The molecule has 0 bridgehead atoms. The van der Waals surface area contributed by atoms with Crippen LogP contribution in [0.4, 0.5) is 5.00 Å². The van der Waals surface area contributed by atoms with Crippen LogP contribution in [0.3, 0.4) is 0 Å². The number of halogens is 2. The van der Waals surface area contributed by atoms with Crippen LogP contribution in [-0.2, 0) is 24.2 Å². The maximum atomic E-state index is 12.9. The minimum Gasteiger partial charge on any atom is -0.486 e. The summed E-state index contributed by atoms with van der Waals surface area (Å²) >= 11 is 14.4. The summed E-state index contributed by atoms with van der Waals surface area (Å²) in [6.45, 7) is 0.275. The minimum absolute atomic E-state index is 0.128. The van der Waals surface area contributed by atoms with Crippen molar-refractivity contribution in [1.29, 1.82) is 10.5 Å². The van der Waals surface area contributed by atoms with Crippen LogP contribution in [0, 0.1) is 22.7 Å². The highest BCUT2D eigenvalue weighted by Gasteiger charge is 2.23. The second-order valence-corrected chi connectivity index (χ2v) is 10.9. The molecule has 0 unspecified atom stereocenters. The second-order valence-electron chi connectivity index (χ2n) is 8.93. The fraction of sp³-hybridized carbons (Fsp3) is 0.167. The van der Waals surface area contributed by atoms with E-state index in [0.29, 0.717) is 21.9 Å². The lowest BCUT2D eigenvalue weighted by molar-refractivity contribution is -0.112. The normalized spacial score (nSPS) is 12.9. The number of nitrogens with one attached hydrogen (secondary N) is 1. The number of carbonyl (C=O) groups is 1. The molecule has 0 spiro atoms. The van der Waals surface area contributed by atoms with E-state index in [0.717, 1.165) is 52.5 Å². The van der Waals surface area contributed by atoms with Crippen molar-refractivity contribution in [3.05, 3.63) is 97.3 Å². The van der Waals surface area contributed by atoms with Crippen LogP contribution in [-0.4, -0.2) is 5.91 Å². The molecule has 1 N–H and O–H groups in total. The molecule has 5 rings (SSSR count). The Hall–Kier alpha value is -3.81. The summed E-state index contributed by atoms with van der Waals surface area (Å²) < 4.78 is 5.92. The lowest BCUT2D eigenvalue weighted by Crippen LogP contribution is -2.13. The molecule has 4 aromatic rings. The predicted molar refractivity (Wildman–Crippen MR) is 153 cm³/mol. The van der Waals surface area contributed by atoms with Gasteiger partial charge < -0.3 is 10.1 Å². The maximum Gasteiger partial charge on any atom is 0.266 e. The molecular formula is C30H21Cl2N3O2S. The lowest BCUT2D eigenvalue weighted by Gasteiger charge is -2.12. The summed E-state index contributed by atoms with van der Waals surface area (Å²) in [6.07, 6.45) is 5.24. The molecule has 0 aliphatic heterocycles. The Bertz CT molecular complexity index is 1650. The number of hydrogen-bond acceptors (Lipinski definition) is 5. The first-order valence-corrected chi connectivity index (χ1v) is 13.6. The first kappa shape index (κ1) is 25.8. The molecule has 1 amide bonds. The number of amides is 1. The molecule has 0 saturated carbocycles.